The predicted molar refractivity (Wildman–Crippen MR) is 107 cm³/mol. The van der Waals surface area contributed by atoms with Gasteiger partial charge in [0.05, 0.1) is 13.2 Å². The Morgan fingerprint density at radius 1 is 1.04 bits per heavy atom. The molecule has 4 nitrogen and oxygen atoms in total. The van der Waals surface area contributed by atoms with E-state index in [0.717, 1.165) is 47.7 Å². The molecule has 0 radical (unpaired) electrons. The normalized spacial score (nSPS) is 16.5. The van der Waals surface area contributed by atoms with E-state index in [2.05, 4.69) is 18.2 Å². The molecule has 4 heteroatoms. The van der Waals surface area contributed by atoms with Crippen molar-refractivity contribution in [1.29, 1.82) is 0 Å². The van der Waals surface area contributed by atoms with Gasteiger partial charge in [-0.25, -0.2) is 0 Å². The fourth-order valence-electron chi connectivity index (χ4n) is 3.98. The van der Waals surface area contributed by atoms with Crippen LogP contribution in [0.4, 0.5) is 0 Å². The Hall–Kier alpha value is -3.01. The zero-order chi connectivity index (χ0) is 18.8. The van der Waals surface area contributed by atoms with E-state index in [0.29, 0.717) is 0 Å². The van der Waals surface area contributed by atoms with E-state index in [1.807, 2.05) is 65.0 Å². The van der Waals surface area contributed by atoms with Crippen LogP contribution in [0.5, 0.6) is 5.75 Å². The first-order valence-corrected chi connectivity index (χ1v) is 9.35. The van der Waals surface area contributed by atoms with Gasteiger partial charge in [-0.05, 0) is 48.2 Å². The van der Waals surface area contributed by atoms with Crippen LogP contribution >= 0.6 is 0 Å². The molecule has 2 heterocycles. The number of ether oxygens (including phenoxy) is 1. The van der Waals surface area contributed by atoms with Crippen molar-refractivity contribution in [3.8, 4) is 17.0 Å². The van der Waals surface area contributed by atoms with Gasteiger partial charge in [-0.3, -0.25) is 4.79 Å². The van der Waals surface area contributed by atoms with E-state index in [1.165, 1.54) is 0 Å². The molecule has 1 aliphatic rings. The quantitative estimate of drug-likeness (QED) is 0.677. The summed E-state index contributed by atoms with van der Waals surface area (Å²) >= 11 is 0. The van der Waals surface area contributed by atoms with Crippen molar-refractivity contribution in [3.05, 3.63) is 78.0 Å². The third kappa shape index (κ3) is 3.23. The number of carbonyl (C=O) groups is 1. The smallest absolute Gasteiger partial charge is 0.270 e. The summed E-state index contributed by atoms with van der Waals surface area (Å²) in [6.07, 6.45) is 2.00. The van der Waals surface area contributed by atoms with Crippen molar-refractivity contribution in [2.75, 3.05) is 13.7 Å². The summed E-state index contributed by atoms with van der Waals surface area (Å²) in [5.74, 6) is 0.919. The number of rotatable bonds is 4. The minimum absolute atomic E-state index is 0.0880. The van der Waals surface area contributed by atoms with Crippen LogP contribution in [0.15, 0.2) is 66.7 Å². The lowest BCUT2D eigenvalue weighted by Gasteiger charge is -2.25. The maximum Gasteiger partial charge on any atom is 0.270 e. The number of hydrogen-bond acceptors (Lipinski definition) is 2. The molecule has 1 saturated heterocycles. The van der Waals surface area contributed by atoms with E-state index in [9.17, 15) is 4.79 Å². The lowest BCUT2D eigenvalue weighted by molar-refractivity contribution is 0.0726. The molecule has 1 amide bonds. The van der Waals surface area contributed by atoms with Crippen molar-refractivity contribution in [2.24, 2.45) is 7.05 Å². The lowest BCUT2D eigenvalue weighted by Crippen LogP contribution is -2.31. The molecule has 2 aromatic carbocycles. The number of methoxy groups -OCH3 is 1. The second-order valence-electron chi connectivity index (χ2n) is 6.96. The van der Waals surface area contributed by atoms with Gasteiger partial charge in [0.25, 0.3) is 5.91 Å². The van der Waals surface area contributed by atoms with Crippen LogP contribution in [-0.4, -0.2) is 29.0 Å². The molecule has 0 aliphatic carbocycles. The Bertz CT molecular complexity index is 946. The largest absolute Gasteiger partial charge is 0.497 e. The number of likely N-dealkylation sites (tertiary alicyclic amines) is 1. The monoisotopic (exact) mass is 360 g/mol. The Morgan fingerprint density at radius 3 is 2.63 bits per heavy atom. The summed E-state index contributed by atoms with van der Waals surface area (Å²) in [7, 11) is 3.64. The van der Waals surface area contributed by atoms with Gasteiger partial charge >= 0.3 is 0 Å². The summed E-state index contributed by atoms with van der Waals surface area (Å²) in [6.45, 7) is 0.784. The number of benzene rings is 2. The average Bonchev–Trinajstić information content (AvgIpc) is 3.35. The van der Waals surface area contributed by atoms with Gasteiger partial charge in [-0.1, -0.05) is 42.5 Å². The first-order valence-electron chi connectivity index (χ1n) is 9.35. The molecule has 0 bridgehead atoms. The summed E-state index contributed by atoms with van der Waals surface area (Å²) in [6, 6.07) is 22.3. The van der Waals surface area contributed by atoms with Crippen LogP contribution in [0.2, 0.25) is 0 Å². The molecule has 4 rings (SSSR count). The topological polar surface area (TPSA) is 34.5 Å². The predicted octanol–water partition coefficient (Wildman–Crippen LogP) is 4.68. The molecule has 138 valence electrons. The summed E-state index contributed by atoms with van der Waals surface area (Å²) < 4.78 is 7.36. The van der Waals surface area contributed by atoms with Gasteiger partial charge in [0.2, 0.25) is 0 Å². The average molecular weight is 360 g/mol. The van der Waals surface area contributed by atoms with Gasteiger partial charge in [0.1, 0.15) is 11.4 Å². The second kappa shape index (κ2) is 7.31. The number of carbonyl (C=O) groups excluding carboxylic acids is 1. The fraction of sp³-hybridized carbons (Fsp3) is 0.261. The highest BCUT2D eigenvalue weighted by atomic mass is 16.5. The van der Waals surface area contributed by atoms with E-state index in [1.54, 1.807) is 7.11 Å². The molecule has 1 fully saturated rings. The summed E-state index contributed by atoms with van der Waals surface area (Å²) in [5.41, 5.74) is 4.03. The van der Waals surface area contributed by atoms with Crippen molar-refractivity contribution < 1.29 is 9.53 Å². The van der Waals surface area contributed by atoms with E-state index in [-0.39, 0.29) is 11.9 Å². The number of amides is 1. The Labute approximate surface area is 160 Å². The summed E-state index contributed by atoms with van der Waals surface area (Å²) in [4.78, 5) is 15.3. The Kier molecular flexibility index (Phi) is 4.71. The molecule has 0 N–H and O–H groups in total. The molecular formula is C23H24N2O2. The van der Waals surface area contributed by atoms with Crippen molar-refractivity contribution in [2.45, 2.75) is 18.9 Å². The molecule has 0 unspecified atom stereocenters. The van der Waals surface area contributed by atoms with E-state index >= 15 is 0 Å². The lowest BCUT2D eigenvalue weighted by atomic mass is 10.0. The zero-order valence-electron chi connectivity index (χ0n) is 15.8. The SMILES string of the molecule is COc1cccc([C@H]2CCCN2C(=O)c2ccc(-c3ccccc3)n2C)c1. The van der Waals surface area contributed by atoms with Crippen LogP contribution in [0.25, 0.3) is 11.3 Å². The maximum absolute atomic E-state index is 13.3. The van der Waals surface area contributed by atoms with Crippen LogP contribution in [-0.2, 0) is 7.05 Å². The van der Waals surface area contributed by atoms with Crippen LogP contribution < -0.4 is 4.74 Å². The molecule has 1 aliphatic heterocycles. The standard InChI is InChI=1S/C23H24N2O2/c1-24-20(17-8-4-3-5-9-17)13-14-22(24)23(26)25-15-7-12-21(25)18-10-6-11-19(16-18)27-2/h3-6,8-11,13-14,16,21H,7,12,15H2,1-2H3/t21-/m1/s1. The third-order valence-electron chi connectivity index (χ3n) is 5.40. The highest BCUT2D eigenvalue weighted by molar-refractivity contribution is 5.94. The van der Waals surface area contributed by atoms with Gasteiger partial charge < -0.3 is 14.2 Å². The third-order valence-corrected chi connectivity index (χ3v) is 5.40. The van der Waals surface area contributed by atoms with Crippen LogP contribution in [0, 0.1) is 0 Å². The fourth-order valence-corrected chi connectivity index (χ4v) is 3.98. The molecule has 1 atom stereocenters. The molecule has 27 heavy (non-hydrogen) atoms. The zero-order valence-corrected chi connectivity index (χ0v) is 15.8. The second-order valence-corrected chi connectivity index (χ2v) is 6.96. The van der Waals surface area contributed by atoms with E-state index < -0.39 is 0 Å². The Morgan fingerprint density at radius 2 is 1.85 bits per heavy atom. The van der Waals surface area contributed by atoms with Gasteiger partial charge in [-0.15, -0.1) is 0 Å². The molecule has 3 aromatic rings. The highest BCUT2D eigenvalue weighted by Gasteiger charge is 2.32. The minimum atomic E-state index is 0.0880. The maximum atomic E-state index is 13.3. The van der Waals surface area contributed by atoms with Crippen molar-refractivity contribution >= 4 is 5.91 Å². The molecule has 0 saturated carbocycles. The van der Waals surface area contributed by atoms with Gasteiger partial charge in [0.15, 0.2) is 0 Å². The summed E-state index contributed by atoms with van der Waals surface area (Å²) in [5, 5.41) is 0. The van der Waals surface area contributed by atoms with E-state index in [4.69, 9.17) is 4.74 Å². The number of nitrogens with zero attached hydrogens (tertiary/aromatic N) is 2. The minimum Gasteiger partial charge on any atom is -0.497 e. The number of aromatic nitrogens is 1. The number of hydrogen-bond donors (Lipinski definition) is 0. The molecule has 1 aromatic heterocycles. The molecule has 0 spiro atoms. The Balaban J connectivity index is 1.63. The molecular weight excluding hydrogens is 336 g/mol. The van der Waals surface area contributed by atoms with Crippen molar-refractivity contribution in [3.63, 3.8) is 0 Å². The van der Waals surface area contributed by atoms with Gasteiger partial charge in [0, 0.05) is 19.3 Å². The van der Waals surface area contributed by atoms with Crippen LogP contribution in [0.3, 0.4) is 0 Å². The highest BCUT2D eigenvalue weighted by Crippen LogP contribution is 2.35. The van der Waals surface area contributed by atoms with Gasteiger partial charge in [-0.2, -0.15) is 0 Å². The first kappa shape index (κ1) is 17.4. The first-order chi connectivity index (χ1) is 13.2. The van der Waals surface area contributed by atoms with Crippen molar-refractivity contribution in [1.82, 2.24) is 9.47 Å². The van der Waals surface area contributed by atoms with Crippen LogP contribution in [0.1, 0.15) is 34.9 Å².